The van der Waals surface area contributed by atoms with Crippen LogP contribution in [0.1, 0.15) is 21.5 Å². The van der Waals surface area contributed by atoms with E-state index in [-0.39, 0.29) is 0 Å². The molecule has 0 aliphatic rings. The van der Waals surface area contributed by atoms with E-state index < -0.39 is 5.97 Å². The summed E-state index contributed by atoms with van der Waals surface area (Å²) >= 11 is 0. The van der Waals surface area contributed by atoms with Gasteiger partial charge in [0, 0.05) is 13.1 Å². The molecule has 0 saturated carbocycles. The van der Waals surface area contributed by atoms with Crippen LogP contribution >= 0.6 is 0 Å². The largest absolute Gasteiger partial charge is 0.478 e. The normalized spacial score (nSPS) is 11.3. The number of carboxylic acids is 1. The second-order valence-corrected chi connectivity index (χ2v) is 5.40. The molecule has 0 spiro atoms. The molecule has 19 heavy (non-hydrogen) atoms. The molecule has 0 amide bonds. The second kappa shape index (κ2) is 7.26. The summed E-state index contributed by atoms with van der Waals surface area (Å²) in [5.41, 5.74) is 2.56. The summed E-state index contributed by atoms with van der Waals surface area (Å²) in [5, 5.41) is 9.22. The third-order valence-electron chi connectivity index (χ3n) is 3.08. The molecule has 0 atom stereocenters. The summed E-state index contributed by atoms with van der Waals surface area (Å²) in [5.74, 6) is -0.840. The average molecular weight is 264 g/mol. The first kappa shape index (κ1) is 15.7. The SMILES string of the molecule is CN(C)CCc1ccc(C(=O)O)c(CCN(C)C)c1. The molecule has 0 saturated heterocycles. The maximum Gasteiger partial charge on any atom is 0.335 e. The van der Waals surface area contributed by atoms with Gasteiger partial charge >= 0.3 is 5.97 Å². The zero-order chi connectivity index (χ0) is 14.4. The highest BCUT2D eigenvalue weighted by Crippen LogP contribution is 2.14. The van der Waals surface area contributed by atoms with Crippen LogP contribution in [-0.4, -0.2) is 62.2 Å². The number of aromatic carboxylic acids is 1. The fraction of sp³-hybridized carbons (Fsp3) is 0.533. The Labute approximate surface area is 115 Å². The van der Waals surface area contributed by atoms with Crippen molar-refractivity contribution in [3.63, 3.8) is 0 Å². The fourth-order valence-electron chi connectivity index (χ4n) is 1.91. The Kier molecular flexibility index (Phi) is 5.99. The average Bonchev–Trinajstić information content (AvgIpc) is 2.33. The van der Waals surface area contributed by atoms with Crippen LogP contribution in [0.3, 0.4) is 0 Å². The monoisotopic (exact) mass is 264 g/mol. The number of hydrogen-bond acceptors (Lipinski definition) is 3. The molecule has 0 radical (unpaired) electrons. The molecule has 0 fully saturated rings. The van der Waals surface area contributed by atoms with Crippen molar-refractivity contribution < 1.29 is 9.90 Å². The number of benzene rings is 1. The molecule has 0 aromatic heterocycles. The maximum atomic E-state index is 11.2. The van der Waals surface area contributed by atoms with Crippen LogP contribution in [0.2, 0.25) is 0 Å². The van der Waals surface area contributed by atoms with Crippen LogP contribution in [0.4, 0.5) is 0 Å². The number of nitrogens with zero attached hydrogens (tertiary/aromatic N) is 2. The van der Waals surface area contributed by atoms with Gasteiger partial charge in [0.2, 0.25) is 0 Å². The fourth-order valence-corrected chi connectivity index (χ4v) is 1.91. The van der Waals surface area contributed by atoms with E-state index in [2.05, 4.69) is 9.80 Å². The predicted molar refractivity (Wildman–Crippen MR) is 77.9 cm³/mol. The van der Waals surface area contributed by atoms with E-state index in [1.807, 2.05) is 40.3 Å². The molecular weight excluding hydrogens is 240 g/mol. The van der Waals surface area contributed by atoms with Crippen molar-refractivity contribution in [2.24, 2.45) is 0 Å². The van der Waals surface area contributed by atoms with Gasteiger partial charge in [0.05, 0.1) is 5.56 Å². The summed E-state index contributed by atoms with van der Waals surface area (Å²) < 4.78 is 0. The van der Waals surface area contributed by atoms with Gasteiger partial charge in [0.25, 0.3) is 0 Å². The smallest absolute Gasteiger partial charge is 0.335 e. The van der Waals surface area contributed by atoms with Crippen molar-refractivity contribution in [2.45, 2.75) is 12.8 Å². The second-order valence-electron chi connectivity index (χ2n) is 5.40. The topological polar surface area (TPSA) is 43.8 Å². The molecule has 0 aliphatic heterocycles. The standard InChI is InChI=1S/C15H24N2O2/c1-16(2)9-7-12-5-6-14(15(18)19)13(11-12)8-10-17(3)4/h5-6,11H,7-10H2,1-4H3,(H,18,19). The summed E-state index contributed by atoms with van der Waals surface area (Å²) in [4.78, 5) is 15.4. The van der Waals surface area contributed by atoms with Crippen molar-refractivity contribution >= 4 is 5.97 Å². The molecule has 0 aliphatic carbocycles. The van der Waals surface area contributed by atoms with Crippen LogP contribution in [0.25, 0.3) is 0 Å². The molecule has 1 aromatic carbocycles. The lowest BCUT2D eigenvalue weighted by Crippen LogP contribution is -2.18. The number of carboxylic acid groups (broad SMARTS) is 1. The van der Waals surface area contributed by atoms with Crippen LogP contribution in [0.15, 0.2) is 18.2 Å². The third-order valence-corrected chi connectivity index (χ3v) is 3.08. The Morgan fingerprint density at radius 2 is 1.63 bits per heavy atom. The third kappa shape index (κ3) is 5.41. The molecule has 106 valence electrons. The van der Waals surface area contributed by atoms with Gasteiger partial charge in [-0.2, -0.15) is 0 Å². The minimum atomic E-state index is -0.840. The van der Waals surface area contributed by atoms with Gasteiger partial charge in [-0.1, -0.05) is 12.1 Å². The Morgan fingerprint density at radius 1 is 1.05 bits per heavy atom. The van der Waals surface area contributed by atoms with Crippen molar-refractivity contribution in [3.05, 3.63) is 34.9 Å². The lowest BCUT2D eigenvalue weighted by molar-refractivity contribution is 0.0695. The summed E-state index contributed by atoms with van der Waals surface area (Å²) in [7, 11) is 8.07. The van der Waals surface area contributed by atoms with Crippen LogP contribution in [-0.2, 0) is 12.8 Å². The molecule has 0 heterocycles. The van der Waals surface area contributed by atoms with Gasteiger partial charge in [-0.15, -0.1) is 0 Å². The van der Waals surface area contributed by atoms with Crippen molar-refractivity contribution in [1.29, 1.82) is 0 Å². The van der Waals surface area contributed by atoms with Gasteiger partial charge in [0.1, 0.15) is 0 Å². The molecule has 4 heteroatoms. The van der Waals surface area contributed by atoms with Crippen molar-refractivity contribution in [3.8, 4) is 0 Å². The van der Waals surface area contributed by atoms with E-state index in [1.54, 1.807) is 6.07 Å². The van der Waals surface area contributed by atoms with E-state index in [4.69, 9.17) is 0 Å². The highest BCUT2D eigenvalue weighted by molar-refractivity contribution is 5.89. The minimum absolute atomic E-state index is 0.426. The lowest BCUT2D eigenvalue weighted by atomic mass is 9.99. The first-order valence-corrected chi connectivity index (χ1v) is 6.54. The maximum absolute atomic E-state index is 11.2. The first-order valence-electron chi connectivity index (χ1n) is 6.54. The molecule has 0 bridgehead atoms. The van der Waals surface area contributed by atoms with E-state index >= 15 is 0 Å². The Morgan fingerprint density at radius 3 is 2.16 bits per heavy atom. The quantitative estimate of drug-likeness (QED) is 0.812. The Balaban J connectivity index is 2.87. The van der Waals surface area contributed by atoms with Crippen LogP contribution < -0.4 is 0 Å². The molecule has 1 rings (SSSR count). The molecule has 4 nitrogen and oxygen atoms in total. The van der Waals surface area contributed by atoms with E-state index in [1.165, 1.54) is 5.56 Å². The van der Waals surface area contributed by atoms with Gasteiger partial charge in [0.15, 0.2) is 0 Å². The van der Waals surface area contributed by atoms with Gasteiger partial charge in [-0.05, 0) is 58.2 Å². The Bertz CT molecular complexity index is 428. The summed E-state index contributed by atoms with van der Waals surface area (Å²) in [6, 6.07) is 5.70. The molecular formula is C15H24N2O2. The number of carbonyl (C=O) groups is 1. The highest BCUT2D eigenvalue weighted by Gasteiger charge is 2.11. The molecule has 1 N–H and O–H groups in total. The van der Waals surface area contributed by atoms with Gasteiger partial charge in [-0.3, -0.25) is 0 Å². The van der Waals surface area contributed by atoms with E-state index in [9.17, 15) is 9.90 Å². The first-order chi connectivity index (χ1) is 8.90. The molecule has 0 unspecified atom stereocenters. The van der Waals surface area contributed by atoms with Crippen LogP contribution in [0.5, 0.6) is 0 Å². The number of hydrogen-bond donors (Lipinski definition) is 1. The summed E-state index contributed by atoms with van der Waals surface area (Å²) in [6.07, 6.45) is 1.71. The summed E-state index contributed by atoms with van der Waals surface area (Å²) in [6.45, 7) is 1.83. The number of rotatable bonds is 7. The Hall–Kier alpha value is -1.39. The minimum Gasteiger partial charge on any atom is -0.478 e. The predicted octanol–water partition coefficient (Wildman–Crippen LogP) is 1.59. The zero-order valence-electron chi connectivity index (χ0n) is 12.3. The van der Waals surface area contributed by atoms with Crippen molar-refractivity contribution in [1.82, 2.24) is 9.80 Å². The van der Waals surface area contributed by atoms with E-state index in [0.717, 1.165) is 31.5 Å². The number of likely N-dealkylation sites (N-methyl/N-ethyl adjacent to an activating group) is 2. The van der Waals surface area contributed by atoms with E-state index in [0.29, 0.717) is 5.56 Å². The van der Waals surface area contributed by atoms with Gasteiger partial charge < -0.3 is 14.9 Å². The van der Waals surface area contributed by atoms with Crippen LogP contribution in [0, 0.1) is 0 Å². The zero-order valence-corrected chi connectivity index (χ0v) is 12.3. The van der Waals surface area contributed by atoms with Crippen molar-refractivity contribution in [2.75, 3.05) is 41.3 Å². The lowest BCUT2D eigenvalue weighted by Gasteiger charge is -2.14. The molecule has 1 aromatic rings. The van der Waals surface area contributed by atoms with Gasteiger partial charge in [-0.25, -0.2) is 4.79 Å². The highest BCUT2D eigenvalue weighted by atomic mass is 16.4.